The summed E-state index contributed by atoms with van der Waals surface area (Å²) < 4.78 is 10.5. The molecule has 0 saturated heterocycles. The molecule has 1 unspecified atom stereocenters. The van der Waals surface area contributed by atoms with E-state index in [0.717, 1.165) is 10.5 Å². The Bertz CT molecular complexity index is 844. The number of hydrogen-bond acceptors (Lipinski definition) is 5. The standard InChI is InChI=1S/C18H20ClN3O5/c1-21(10-12-8-13(19)4-6-16(12)26-2)11-18(23)20-15-9-14(22(24)25)5-7-17(15)27-3/h4-9H,10-11H2,1-3H3,(H,20,23)/p+1. The predicted molar refractivity (Wildman–Crippen MR) is 102 cm³/mol. The van der Waals surface area contributed by atoms with Crippen LogP contribution in [0.5, 0.6) is 11.5 Å². The van der Waals surface area contributed by atoms with Gasteiger partial charge in [-0.2, -0.15) is 0 Å². The van der Waals surface area contributed by atoms with E-state index in [2.05, 4.69) is 5.32 Å². The maximum absolute atomic E-state index is 12.4. The van der Waals surface area contributed by atoms with Gasteiger partial charge in [0.15, 0.2) is 6.54 Å². The summed E-state index contributed by atoms with van der Waals surface area (Å²) >= 11 is 6.03. The number of hydrogen-bond donors (Lipinski definition) is 2. The van der Waals surface area contributed by atoms with Gasteiger partial charge in [-0.05, 0) is 24.3 Å². The van der Waals surface area contributed by atoms with E-state index in [1.807, 2.05) is 7.05 Å². The van der Waals surface area contributed by atoms with Crippen LogP contribution in [0.3, 0.4) is 0 Å². The van der Waals surface area contributed by atoms with E-state index in [1.165, 1.54) is 25.3 Å². The molecule has 0 aliphatic carbocycles. The van der Waals surface area contributed by atoms with Crippen molar-refractivity contribution < 1.29 is 24.1 Å². The summed E-state index contributed by atoms with van der Waals surface area (Å²) in [6.07, 6.45) is 0. The van der Waals surface area contributed by atoms with Gasteiger partial charge in [-0.1, -0.05) is 11.6 Å². The molecule has 0 fully saturated rings. The van der Waals surface area contributed by atoms with Crippen molar-refractivity contribution in [3.8, 4) is 11.5 Å². The summed E-state index contributed by atoms with van der Waals surface area (Å²) in [6.45, 7) is 0.657. The van der Waals surface area contributed by atoms with Crippen molar-refractivity contribution in [3.63, 3.8) is 0 Å². The lowest BCUT2D eigenvalue weighted by molar-refractivity contribution is -0.885. The number of anilines is 1. The zero-order valence-corrected chi connectivity index (χ0v) is 16.0. The number of likely N-dealkylation sites (N-methyl/N-ethyl adjacent to an activating group) is 1. The summed E-state index contributed by atoms with van der Waals surface area (Å²) in [5.74, 6) is 0.745. The van der Waals surface area contributed by atoms with Gasteiger partial charge in [-0.3, -0.25) is 14.9 Å². The van der Waals surface area contributed by atoms with Crippen molar-refractivity contribution in [3.05, 3.63) is 57.1 Å². The fourth-order valence-corrected chi connectivity index (χ4v) is 2.84. The fourth-order valence-electron chi connectivity index (χ4n) is 2.65. The van der Waals surface area contributed by atoms with Gasteiger partial charge in [0, 0.05) is 22.7 Å². The Morgan fingerprint density at radius 3 is 2.48 bits per heavy atom. The summed E-state index contributed by atoms with van der Waals surface area (Å²) in [7, 11) is 4.85. The molecule has 2 aromatic rings. The number of nitro benzene ring substituents is 1. The molecule has 2 aromatic carbocycles. The SMILES string of the molecule is COc1ccc(Cl)cc1C[NH+](C)CC(=O)Nc1cc([N+](=O)[O-])ccc1OC. The molecule has 0 spiro atoms. The van der Waals surface area contributed by atoms with E-state index < -0.39 is 4.92 Å². The first kappa shape index (κ1) is 20.5. The Morgan fingerprint density at radius 1 is 1.19 bits per heavy atom. The van der Waals surface area contributed by atoms with E-state index in [-0.39, 0.29) is 23.8 Å². The molecule has 1 atom stereocenters. The molecule has 144 valence electrons. The second-order valence-electron chi connectivity index (χ2n) is 5.96. The lowest BCUT2D eigenvalue weighted by atomic mass is 10.2. The number of nitro groups is 1. The van der Waals surface area contributed by atoms with E-state index in [4.69, 9.17) is 21.1 Å². The van der Waals surface area contributed by atoms with Crippen molar-refractivity contribution in [2.24, 2.45) is 0 Å². The molecule has 0 saturated carbocycles. The van der Waals surface area contributed by atoms with Crippen molar-refractivity contribution in [2.75, 3.05) is 33.1 Å². The van der Waals surface area contributed by atoms with Crippen LogP contribution in [0.15, 0.2) is 36.4 Å². The first-order chi connectivity index (χ1) is 12.8. The van der Waals surface area contributed by atoms with Gasteiger partial charge in [0.2, 0.25) is 0 Å². The van der Waals surface area contributed by atoms with E-state index in [1.54, 1.807) is 25.3 Å². The normalized spacial score (nSPS) is 11.6. The Morgan fingerprint density at radius 2 is 1.85 bits per heavy atom. The number of carbonyl (C=O) groups is 1. The Kier molecular flexibility index (Phi) is 6.98. The molecule has 8 nitrogen and oxygen atoms in total. The smallest absolute Gasteiger partial charge is 0.279 e. The molecule has 0 bridgehead atoms. The molecule has 0 aliphatic heterocycles. The number of nitrogens with zero attached hydrogens (tertiary/aromatic N) is 1. The summed E-state index contributed by atoms with van der Waals surface area (Å²) in [5, 5.41) is 14.2. The monoisotopic (exact) mass is 394 g/mol. The Labute approximate surface area is 161 Å². The highest BCUT2D eigenvalue weighted by Gasteiger charge is 2.17. The lowest BCUT2D eigenvalue weighted by Crippen LogP contribution is -3.08. The molecule has 0 heterocycles. The fraction of sp³-hybridized carbons (Fsp3) is 0.278. The van der Waals surface area contributed by atoms with Crippen LogP contribution >= 0.6 is 11.6 Å². The van der Waals surface area contributed by atoms with Gasteiger partial charge < -0.3 is 19.7 Å². The third kappa shape index (κ3) is 5.57. The largest absolute Gasteiger partial charge is 0.496 e. The number of quaternary nitrogens is 1. The lowest BCUT2D eigenvalue weighted by Gasteiger charge is -2.16. The molecular weight excluding hydrogens is 374 g/mol. The van der Waals surface area contributed by atoms with Crippen LogP contribution in [0.2, 0.25) is 5.02 Å². The summed E-state index contributed by atoms with van der Waals surface area (Å²) in [6, 6.07) is 9.34. The minimum Gasteiger partial charge on any atom is -0.496 e. The Hall–Kier alpha value is -2.84. The predicted octanol–water partition coefficient (Wildman–Crippen LogP) is 1.92. The van der Waals surface area contributed by atoms with Crippen LogP contribution < -0.4 is 19.7 Å². The van der Waals surface area contributed by atoms with Gasteiger partial charge in [0.1, 0.15) is 18.0 Å². The third-order valence-corrected chi connectivity index (χ3v) is 4.10. The van der Waals surface area contributed by atoms with Gasteiger partial charge >= 0.3 is 0 Å². The minimum absolute atomic E-state index is 0.129. The number of non-ortho nitro benzene ring substituents is 1. The van der Waals surface area contributed by atoms with E-state index >= 15 is 0 Å². The quantitative estimate of drug-likeness (QED) is 0.527. The molecule has 2 rings (SSSR count). The number of methoxy groups -OCH3 is 2. The Balaban J connectivity index is 2.06. The van der Waals surface area contributed by atoms with Crippen LogP contribution in [-0.4, -0.2) is 38.6 Å². The highest BCUT2D eigenvalue weighted by molar-refractivity contribution is 6.30. The van der Waals surface area contributed by atoms with Crippen molar-refractivity contribution in [1.82, 2.24) is 0 Å². The second kappa shape index (κ2) is 9.20. The molecule has 0 radical (unpaired) electrons. The van der Waals surface area contributed by atoms with Crippen LogP contribution in [-0.2, 0) is 11.3 Å². The van der Waals surface area contributed by atoms with Crippen LogP contribution in [0.4, 0.5) is 11.4 Å². The van der Waals surface area contributed by atoms with Gasteiger partial charge in [-0.25, -0.2) is 0 Å². The van der Waals surface area contributed by atoms with E-state index in [9.17, 15) is 14.9 Å². The first-order valence-electron chi connectivity index (χ1n) is 8.10. The number of halogens is 1. The van der Waals surface area contributed by atoms with Crippen molar-refractivity contribution in [1.29, 1.82) is 0 Å². The molecular formula is C18H21ClN3O5+. The second-order valence-corrected chi connectivity index (χ2v) is 6.39. The average molecular weight is 395 g/mol. The third-order valence-electron chi connectivity index (χ3n) is 3.86. The zero-order valence-electron chi connectivity index (χ0n) is 15.2. The molecule has 0 aliphatic rings. The number of nitrogens with one attached hydrogen (secondary N) is 2. The molecule has 2 N–H and O–H groups in total. The average Bonchev–Trinajstić information content (AvgIpc) is 2.61. The first-order valence-corrected chi connectivity index (χ1v) is 8.47. The maximum atomic E-state index is 12.4. The molecule has 27 heavy (non-hydrogen) atoms. The topological polar surface area (TPSA) is 95.1 Å². The van der Waals surface area contributed by atoms with E-state index in [0.29, 0.717) is 23.1 Å². The number of amides is 1. The van der Waals surface area contributed by atoms with Crippen molar-refractivity contribution >= 4 is 28.9 Å². The van der Waals surface area contributed by atoms with Gasteiger partial charge in [-0.15, -0.1) is 0 Å². The number of rotatable bonds is 8. The number of carbonyl (C=O) groups excluding carboxylic acids is 1. The minimum atomic E-state index is -0.530. The molecule has 1 amide bonds. The van der Waals surface area contributed by atoms with Crippen molar-refractivity contribution in [2.45, 2.75) is 6.54 Å². The zero-order chi connectivity index (χ0) is 20.0. The number of benzene rings is 2. The van der Waals surface area contributed by atoms with Gasteiger partial charge in [0.05, 0.1) is 31.9 Å². The maximum Gasteiger partial charge on any atom is 0.279 e. The van der Waals surface area contributed by atoms with Gasteiger partial charge in [0.25, 0.3) is 11.6 Å². The highest BCUT2D eigenvalue weighted by Crippen LogP contribution is 2.28. The van der Waals surface area contributed by atoms with Crippen LogP contribution in [0, 0.1) is 10.1 Å². The highest BCUT2D eigenvalue weighted by atomic mass is 35.5. The summed E-state index contributed by atoms with van der Waals surface area (Å²) in [5.41, 5.74) is 1.00. The van der Waals surface area contributed by atoms with Crippen LogP contribution in [0.25, 0.3) is 0 Å². The summed E-state index contributed by atoms with van der Waals surface area (Å²) in [4.78, 5) is 23.7. The number of ether oxygens (including phenoxy) is 2. The molecule has 9 heteroatoms. The molecule has 0 aromatic heterocycles. The van der Waals surface area contributed by atoms with Crippen LogP contribution in [0.1, 0.15) is 5.56 Å².